The molecule has 40 heavy (non-hydrogen) atoms. The number of nitrogens with one attached hydrogen (secondary N) is 1. The number of nitrogens with zero attached hydrogens (tertiary/aromatic N) is 2. The predicted molar refractivity (Wildman–Crippen MR) is 148 cm³/mol. The lowest BCUT2D eigenvalue weighted by Crippen LogP contribution is -2.51. The summed E-state index contributed by atoms with van der Waals surface area (Å²) < 4.78 is 68.5. The van der Waals surface area contributed by atoms with Crippen molar-refractivity contribution in [1.82, 2.24) is 10.2 Å². The molecule has 3 aromatic carbocycles. The van der Waals surface area contributed by atoms with E-state index < -0.39 is 46.2 Å². The fraction of sp³-hybridized carbons (Fsp3) is 0.259. The molecule has 2 amide bonds. The van der Waals surface area contributed by atoms with Crippen LogP contribution >= 0.6 is 23.2 Å². The van der Waals surface area contributed by atoms with Crippen LogP contribution in [0.25, 0.3) is 0 Å². The summed E-state index contributed by atoms with van der Waals surface area (Å²) in [6.45, 7) is 0.578. The van der Waals surface area contributed by atoms with Crippen molar-refractivity contribution in [3.05, 3.63) is 94.0 Å². The van der Waals surface area contributed by atoms with Crippen molar-refractivity contribution in [1.29, 1.82) is 0 Å². The number of hydrogen-bond acceptors (Lipinski definition) is 4. The van der Waals surface area contributed by atoms with Crippen LogP contribution in [0, 0.1) is 0 Å². The Kier molecular flexibility index (Phi) is 10.1. The molecule has 0 saturated heterocycles. The zero-order valence-electron chi connectivity index (χ0n) is 21.5. The summed E-state index contributed by atoms with van der Waals surface area (Å²) in [5.74, 6) is -1.35. The van der Waals surface area contributed by atoms with E-state index in [0.717, 1.165) is 17.0 Å². The van der Waals surface area contributed by atoms with Crippen molar-refractivity contribution in [2.24, 2.45) is 0 Å². The first-order chi connectivity index (χ1) is 18.8. The van der Waals surface area contributed by atoms with Crippen molar-refractivity contribution >= 4 is 50.7 Å². The fourth-order valence-electron chi connectivity index (χ4n) is 4.01. The van der Waals surface area contributed by atoms with Gasteiger partial charge in [-0.3, -0.25) is 13.9 Å². The van der Waals surface area contributed by atoms with Crippen LogP contribution in [0.3, 0.4) is 0 Å². The summed E-state index contributed by atoms with van der Waals surface area (Å²) in [6, 6.07) is 14.2. The van der Waals surface area contributed by atoms with Gasteiger partial charge >= 0.3 is 6.18 Å². The minimum atomic E-state index is -4.76. The summed E-state index contributed by atoms with van der Waals surface area (Å²) >= 11 is 12.3. The third-order valence-corrected chi connectivity index (χ3v) is 8.43. The first kappa shape index (κ1) is 31.3. The normalized spacial score (nSPS) is 12.5. The van der Waals surface area contributed by atoms with Crippen molar-refractivity contribution < 1.29 is 31.2 Å². The molecule has 0 radical (unpaired) electrons. The van der Waals surface area contributed by atoms with Crippen molar-refractivity contribution in [3.63, 3.8) is 0 Å². The Hall–Kier alpha value is -3.28. The highest BCUT2D eigenvalue weighted by molar-refractivity contribution is 7.92. The van der Waals surface area contributed by atoms with Gasteiger partial charge in [0, 0.05) is 23.6 Å². The monoisotopic (exact) mass is 615 g/mol. The molecule has 13 heteroatoms. The maximum absolute atomic E-state index is 13.8. The van der Waals surface area contributed by atoms with Crippen LogP contribution in [-0.2, 0) is 32.3 Å². The summed E-state index contributed by atoms with van der Waals surface area (Å²) in [5.41, 5.74) is -1.03. The van der Waals surface area contributed by atoms with E-state index in [0.29, 0.717) is 21.0 Å². The van der Waals surface area contributed by atoms with E-state index in [9.17, 15) is 31.2 Å². The number of sulfonamides is 1. The highest BCUT2D eigenvalue weighted by Crippen LogP contribution is 2.33. The van der Waals surface area contributed by atoms with E-state index in [-0.39, 0.29) is 28.6 Å². The average molecular weight is 616 g/mol. The number of benzene rings is 3. The Morgan fingerprint density at radius 2 is 1.65 bits per heavy atom. The lowest BCUT2D eigenvalue weighted by molar-refractivity contribution is -0.140. The van der Waals surface area contributed by atoms with Crippen LogP contribution in [0.1, 0.15) is 24.5 Å². The molecular formula is C27H26Cl2F3N3O4S. The molecule has 0 aliphatic carbocycles. The van der Waals surface area contributed by atoms with Gasteiger partial charge in [0.05, 0.1) is 16.1 Å². The molecule has 0 fully saturated rings. The number of carbonyl (C=O) groups is 2. The second kappa shape index (κ2) is 12.9. The van der Waals surface area contributed by atoms with E-state index >= 15 is 0 Å². The standard InChI is InChI=1S/C27H26Cl2F3N3O4S/c1-3-24(26(37)33-2)34(16-18-12-13-20(28)15-23(18)29)25(36)17-35(40(38,39)22-10-5-4-6-11-22)21-9-7-8-19(14-21)27(30,31)32/h4-15,24H,3,16-17H2,1-2H3,(H,33,37)/t24-/m0/s1. The second-order valence-electron chi connectivity index (χ2n) is 8.67. The van der Waals surface area contributed by atoms with Crippen molar-refractivity contribution in [2.75, 3.05) is 17.9 Å². The quantitative estimate of drug-likeness (QED) is 0.314. The molecule has 0 saturated carbocycles. The third kappa shape index (κ3) is 7.26. The molecule has 1 N–H and O–H groups in total. The molecular weight excluding hydrogens is 590 g/mol. The number of carbonyl (C=O) groups excluding carboxylic acids is 2. The van der Waals surface area contributed by atoms with E-state index in [1.54, 1.807) is 25.1 Å². The smallest absolute Gasteiger partial charge is 0.357 e. The molecule has 0 aliphatic heterocycles. The lowest BCUT2D eigenvalue weighted by Gasteiger charge is -2.33. The molecule has 0 spiro atoms. The number of amides is 2. The Balaban J connectivity index is 2.12. The van der Waals surface area contributed by atoms with Gasteiger partial charge in [-0.2, -0.15) is 13.2 Å². The zero-order valence-corrected chi connectivity index (χ0v) is 23.8. The van der Waals surface area contributed by atoms with Gasteiger partial charge in [-0.05, 0) is 54.4 Å². The molecule has 3 aromatic rings. The number of rotatable bonds is 10. The summed E-state index contributed by atoms with van der Waals surface area (Å²) in [7, 11) is -3.13. The Morgan fingerprint density at radius 3 is 2.23 bits per heavy atom. The highest BCUT2D eigenvalue weighted by atomic mass is 35.5. The number of likely N-dealkylation sites (N-methyl/N-ethyl adjacent to an activating group) is 1. The van der Waals surface area contributed by atoms with Crippen LogP contribution in [0.5, 0.6) is 0 Å². The van der Waals surface area contributed by atoms with Gasteiger partial charge in [0.2, 0.25) is 11.8 Å². The van der Waals surface area contributed by atoms with Crippen LogP contribution in [0.2, 0.25) is 10.0 Å². The van der Waals surface area contributed by atoms with Gasteiger partial charge in [0.25, 0.3) is 10.0 Å². The summed E-state index contributed by atoms with van der Waals surface area (Å²) in [6.07, 6.45) is -4.60. The minimum absolute atomic E-state index is 0.158. The fourth-order valence-corrected chi connectivity index (χ4v) is 5.90. The molecule has 214 valence electrons. The van der Waals surface area contributed by atoms with E-state index in [1.807, 2.05) is 0 Å². The number of halogens is 5. The Bertz CT molecular complexity index is 1470. The minimum Gasteiger partial charge on any atom is -0.357 e. The van der Waals surface area contributed by atoms with Crippen LogP contribution in [0.15, 0.2) is 77.7 Å². The average Bonchev–Trinajstić information content (AvgIpc) is 2.92. The largest absolute Gasteiger partial charge is 0.416 e. The second-order valence-corrected chi connectivity index (χ2v) is 11.4. The first-order valence-electron chi connectivity index (χ1n) is 12.0. The Morgan fingerprint density at radius 1 is 0.975 bits per heavy atom. The molecule has 7 nitrogen and oxygen atoms in total. The van der Waals surface area contributed by atoms with E-state index in [4.69, 9.17) is 23.2 Å². The van der Waals surface area contributed by atoms with Gasteiger partial charge in [0.1, 0.15) is 12.6 Å². The topological polar surface area (TPSA) is 86.8 Å². The van der Waals surface area contributed by atoms with Crippen LogP contribution < -0.4 is 9.62 Å². The first-order valence-corrected chi connectivity index (χ1v) is 14.2. The maximum Gasteiger partial charge on any atom is 0.416 e. The maximum atomic E-state index is 13.8. The molecule has 0 heterocycles. The molecule has 0 aromatic heterocycles. The SMILES string of the molecule is CC[C@@H](C(=O)NC)N(Cc1ccc(Cl)cc1Cl)C(=O)CN(c1cccc(C(F)(F)F)c1)S(=O)(=O)c1ccccc1. The van der Waals surface area contributed by atoms with Crippen LogP contribution in [0.4, 0.5) is 18.9 Å². The van der Waals surface area contributed by atoms with Crippen LogP contribution in [-0.4, -0.2) is 44.8 Å². The summed E-state index contributed by atoms with van der Waals surface area (Å²) in [5, 5.41) is 3.04. The van der Waals surface area contributed by atoms with Gasteiger partial charge in [-0.25, -0.2) is 8.42 Å². The molecule has 0 aliphatic rings. The number of anilines is 1. The van der Waals surface area contributed by atoms with Crippen molar-refractivity contribution in [2.45, 2.75) is 37.0 Å². The van der Waals surface area contributed by atoms with Gasteiger partial charge in [-0.1, -0.05) is 60.5 Å². The zero-order chi connectivity index (χ0) is 29.7. The molecule has 0 bridgehead atoms. The predicted octanol–water partition coefficient (Wildman–Crippen LogP) is 5.76. The van der Waals surface area contributed by atoms with Crippen molar-refractivity contribution in [3.8, 4) is 0 Å². The Labute approximate surface area is 240 Å². The molecule has 3 rings (SSSR count). The summed E-state index contributed by atoms with van der Waals surface area (Å²) in [4.78, 5) is 27.5. The van der Waals surface area contributed by atoms with Gasteiger partial charge in [-0.15, -0.1) is 0 Å². The lowest BCUT2D eigenvalue weighted by atomic mass is 10.1. The van der Waals surface area contributed by atoms with E-state index in [2.05, 4.69) is 5.32 Å². The number of alkyl halides is 3. The third-order valence-electron chi connectivity index (χ3n) is 6.06. The molecule has 1 atom stereocenters. The van der Waals surface area contributed by atoms with Gasteiger partial charge < -0.3 is 10.2 Å². The highest BCUT2D eigenvalue weighted by Gasteiger charge is 2.35. The van der Waals surface area contributed by atoms with E-state index in [1.165, 1.54) is 43.4 Å². The van der Waals surface area contributed by atoms with Gasteiger partial charge in [0.15, 0.2) is 0 Å². The molecule has 0 unspecified atom stereocenters. The number of hydrogen-bond donors (Lipinski definition) is 1.